The second-order valence-electron chi connectivity index (χ2n) is 5.77. The van der Waals surface area contributed by atoms with E-state index in [9.17, 15) is 4.79 Å². The van der Waals surface area contributed by atoms with Crippen LogP contribution in [0.3, 0.4) is 0 Å². The van der Waals surface area contributed by atoms with Crippen LogP contribution in [0.2, 0.25) is 10.0 Å². The molecule has 134 valence electrons. The molecule has 0 aliphatic heterocycles. The molecule has 0 unspecified atom stereocenters. The number of amides is 1. The zero-order valence-electron chi connectivity index (χ0n) is 14.5. The molecule has 0 aliphatic rings. The molecule has 0 saturated carbocycles. The average Bonchev–Trinajstić information content (AvgIpc) is 2.58. The maximum atomic E-state index is 12.1. The predicted octanol–water partition coefficient (Wildman–Crippen LogP) is 5.67. The fraction of sp³-hybridized carbons (Fsp3) is 0.316. The van der Waals surface area contributed by atoms with E-state index in [0.717, 1.165) is 22.6 Å². The number of hydrogen-bond donors (Lipinski definition) is 1. The van der Waals surface area contributed by atoms with Crippen molar-refractivity contribution in [2.75, 3.05) is 23.4 Å². The topological polar surface area (TPSA) is 38.3 Å². The molecule has 0 spiro atoms. The van der Waals surface area contributed by atoms with Crippen LogP contribution in [0, 0.1) is 20.8 Å². The quantitative estimate of drug-likeness (QED) is 0.611. The molecule has 1 amide bonds. The molecular weight excluding hydrogens is 377 g/mol. The second kappa shape index (κ2) is 9.37. The SMILES string of the molecule is Cc1ccc(C)c(OCCSCC(=O)Nc2c(Cl)ccc(C)c2Cl)c1. The molecule has 0 radical (unpaired) electrons. The highest BCUT2D eigenvalue weighted by molar-refractivity contribution is 7.99. The number of nitrogens with one attached hydrogen (secondary N) is 1. The predicted molar refractivity (Wildman–Crippen MR) is 109 cm³/mol. The van der Waals surface area contributed by atoms with Crippen molar-refractivity contribution in [3.05, 3.63) is 57.1 Å². The van der Waals surface area contributed by atoms with Gasteiger partial charge in [-0.15, -0.1) is 11.8 Å². The van der Waals surface area contributed by atoms with Crippen LogP contribution in [-0.2, 0) is 4.79 Å². The lowest BCUT2D eigenvalue weighted by Gasteiger charge is -2.12. The van der Waals surface area contributed by atoms with E-state index < -0.39 is 0 Å². The minimum Gasteiger partial charge on any atom is -0.492 e. The van der Waals surface area contributed by atoms with E-state index >= 15 is 0 Å². The number of benzene rings is 2. The third-order valence-electron chi connectivity index (χ3n) is 3.61. The fourth-order valence-corrected chi connectivity index (χ4v) is 3.25. The molecule has 0 fully saturated rings. The summed E-state index contributed by atoms with van der Waals surface area (Å²) in [6, 6.07) is 9.67. The first-order valence-corrected chi connectivity index (χ1v) is 9.82. The second-order valence-corrected chi connectivity index (χ2v) is 7.66. The van der Waals surface area contributed by atoms with Gasteiger partial charge in [-0.3, -0.25) is 4.79 Å². The highest BCUT2D eigenvalue weighted by Gasteiger charge is 2.11. The van der Waals surface area contributed by atoms with Crippen molar-refractivity contribution in [3.63, 3.8) is 0 Å². The molecular formula is C19H21Cl2NO2S. The lowest BCUT2D eigenvalue weighted by Crippen LogP contribution is -2.16. The molecule has 1 N–H and O–H groups in total. The van der Waals surface area contributed by atoms with Gasteiger partial charge in [0, 0.05) is 5.75 Å². The standard InChI is InChI=1S/C19H21Cl2NO2S/c1-12-4-5-13(2)16(10-12)24-8-9-25-11-17(23)22-19-15(20)7-6-14(3)18(19)21/h4-7,10H,8-9,11H2,1-3H3,(H,22,23). The van der Waals surface area contributed by atoms with Gasteiger partial charge in [-0.2, -0.15) is 0 Å². The normalized spacial score (nSPS) is 10.6. The zero-order valence-corrected chi connectivity index (χ0v) is 16.8. The van der Waals surface area contributed by atoms with Crippen LogP contribution in [0.1, 0.15) is 16.7 Å². The van der Waals surface area contributed by atoms with E-state index in [0.29, 0.717) is 28.1 Å². The van der Waals surface area contributed by atoms with E-state index in [2.05, 4.69) is 11.4 Å². The highest BCUT2D eigenvalue weighted by Crippen LogP contribution is 2.32. The Morgan fingerprint density at radius 1 is 1.12 bits per heavy atom. The number of carbonyl (C=O) groups is 1. The van der Waals surface area contributed by atoms with Gasteiger partial charge in [-0.05, 0) is 49.6 Å². The Morgan fingerprint density at radius 3 is 2.60 bits per heavy atom. The first-order chi connectivity index (χ1) is 11.9. The summed E-state index contributed by atoms with van der Waals surface area (Å²) < 4.78 is 5.78. The number of rotatable bonds is 7. The van der Waals surface area contributed by atoms with Gasteiger partial charge in [-0.25, -0.2) is 0 Å². The monoisotopic (exact) mass is 397 g/mol. The summed E-state index contributed by atoms with van der Waals surface area (Å²) >= 11 is 13.8. The average molecular weight is 398 g/mol. The Balaban J connectivity index is 1.76. The van der Waals surface area contributed by atoms with E-state index in [-0.39, 0.29) is 5.91 Å². The van der Waals surface area contributed by atoms with Gasteiger partial charge in [0.25, 0.3) is 0 Å². The van der Waals surface area contributed by atoms with Gasteiger partial charge in [0.1, 0.15) is 5.75 Å². The molecule has 2 rings (SSSR count). The smallest absolute Gasteiger partial charge is 0.234 e. The van der Waals surface area contributed by atoms with Crippen LogP contribution in [-0.4, -0.2) is 24.0 Å². The zero-order chi connectivity index (χ0) is 18.4. The number of hydrogen-bond acceptors (Lipinski definition) is 3. The lowest BCUT2D eigenvalue weighted by molar-refractivity contribution is -0.113. The third-order valence-corrected chi connectivity index (χ3v) is 5.33. The van der Waals surface area contributed by atoms with Gasteiger partial charge in [0.2, 0.25) is 5.91 Å². The summed E-state index contributed by atoms with van der Waals surface area (Å²) in [5.41, 5.74) is 3.62. The van der Waals surface area contributed by atoms with E-state index in [1.54, 1.807) is 6.07 Å². The maximum absolute atomic E-state index is 12.1. The van der Waals surface area contributed by atoms with Gasteiger partial charge >= 0.3 is 0 Å². The molecule has 3 nitrogen and oxygen atoms in total. The van der Waals surface area contributed by atoms with Crippen LogP contribution in [0.25, 0.3) is 0 Å². The van der Waals surface area contributed by atoms with Crippen molar-refractivity contribution in [1.82, 2.24) is 0 Å². The molecule has 0 aliphatic carbocycles. The highest BCUT2D eigenvalue weighted by atomic mass is 35.5. The minimum absolute atomic E-state index is 0.133. The van der Waals surface area contributed by atoms with E-state index in [4.69, 9.17) is 27.9 Å². The number of carbonyl (C=O) groups excluding carboxylic acids is 1. The molecule has 0 atom stereocenters. The lowest BCUT2D eigenvalue weighted by atomic mass is 10.1. The van der Waals surface area contributed by atoms with Crippen molar-refractivity contribution in [2.24, 2.45) is 0 Å². The van der Waals surface area contributed by atoms with Crippen LogP contribution in [0.15, 0.2) is 30.3 Å². The van der Waals surface area contributed by atoms with E-state index in [1.807, 2.05) is 39.0 Å². The van der Waals surface area contributed by atoms with Gasteiger partial charge < -0.3 is 10.1 Å². The number of aryl methyl sites for hydroxylation is 3. The number of halogens is 2. The fourth-order valence-electron chi connectivity index (χ4n) is 2.18. The Morgan fingerprint density at radius 2 is 1.84 bits per heavy atom. The van der Waals surface area contributed by atoms with Crippen LogP contribution < -0.4 is 10.1 Å². The Labute approximate surface area is 163 Å². The molecule has 25 heavy (non-hydrogen) atoms. The van der Waals surface area contributed by atoms with E-state index in [1.165, 1.54) is 17.3 Å². The Kier molecular flexibility index (Phi) is 7.48. The van der Waals surface area contributed by atoms with Crippen LogP contribution in [0.5, 0.6) is 5.75 Å². The third kappa shape index (κ3) is 5.84. The Bertz CT molecular complexity index is 765. The molecule has 2 aromatic carbocycles. The molecule has 6 heteroatoms. The van der Waals surface area contributed by atoms with Crippen LogP contribution >= 0.6 is 35.0 Å². The summed E-state index contributed by atoms with van der Waals surface area (Å²) in [5, 5.41) is 3.69. The summed E-state index contributed by atoms with van der Waals surface area (Å²) in [6.07, 6.45) is 0. The molecule has 2 aromatic rings. The van der Waals surface area contributed by atoms with Crippen molar-refractivity contribution >= 4 is 46.6 Å². The molecule has 0 aromatic heterocycles. The number of thioether (sulfide) groups is 1. The summed E-state index contributed by atoms with van der Waals surface area (Å²) in [7, 11) is 0. The van der Waals surface area contributed by atoms with Gasteiger partial charge in [0.15, 0.2) is 0 Å². The molecule has 0 bridgehead atoms. The first kappa shape index (κ1) is 20.0. The summed E-state index contributed by atoms with van der Waals surface area (Å²) in [4.78, 5) is 12.1. The van der Waals surface area contributed by atoms with Crippen molar-refractivity contribution in [1.29, 1.82) is 0 Å². The largest absolute Gasteiger partial charge is 0.492 e. The Hall–Kier alpha value is -1.36. The summed E-state index contributed by atoms with van der Waals surface area (Å²) in [5.74, 6) is 1.79. The van der Waals surface area contributed by atoms with Crippen molar-refractivity contribution < 1.29 is 9.53 Å². The molecule has 0 heterocycles. The first-order valence-electron chi connectivity index (χ1n) is 7.90. The molecule has 0 saturated heterocycles. The van der Waals surface area contributed by atoms with Gasteiger partial charge in [-0.1, -0.05) is 41.4 Å². The van der Waals surface area contributed by atoms with Crippen molar-refractivity contribution in [3.8, 4) is 5.75 Å². The van der Waals surface area contributed by atoms with Crippen molar-refractivity contribution in [2.45, 2.75) is 20.8 Å². The van der Waals surface area contributed by atoms with Gasteiger partial charge in [0.05, 0.1) is 28.1 Å². The summed E-state index contributed by atoms with van der Waals surface area (Å²) in [6.45, 7) is 6.47. The maximum Gasteiger partial charge on any atom is 0.234 e. The number of anilines is 1. The minimum atomic E-state index is -0.133. The number of ether oxygens (including phenoxy) is 1. The van der Waals surface area contributed by atoms with Crippen LogP contribution in [0.4, 0.5) is 5.69 Å².